The number of sulfonamides is 1. The molecule has 10 heteroatoms. The molecule has 0 amide bonds. The maximum atomic E-state index is 12.3. The van der Waals surface area contributed by atoms with Crippen molar-refractivity contribution in [3.05, 3.63) is 43.4 Å². The van der Waals surface area contributed by atoms with Gasteiger partial charge in [-0.1, -0.05) is 46.1 Å². The Bertz CT molecular complexity index is 1050. The zero-order valence-corrected chi connectivity index (χ0v) is 15.6. The van der Waals surface area contributed by atoms with E-state index < -0.39 is 10.0 Å². The number of rotatable bonds is 2. The summed E-state index contributed by atoms with van der Waals surface area (Å²) < 4.78 is 31.4. The highest BCUT2D eigenvalue weighted by molar-refractivity contribution is 7.92. The van der Waals surface area contributed by atoms with Crippen molar-refractivity contribution in [1.82, 2.24) is 4.57 Å². The number of aryl methyl sites for hydroxylation is 1. The number of halogens is 3. The molecule has 4 nitrogen and oxygen atoms in total. The van der Waals surface area contributed by atoms with E-state index in [1.807, 2.05) is 0 Å². The number of hydrogen-bond donors (Lipinski definition) is 0. The number of benzene rings is 1. The van der Waals surface area contributed by atoms with Gasteiger partial charge in [-0.15, -0.1) is 15.7 Å². The van der Waals surface area contributed by atoms with Gasteiger partial charge in [0.25, 0.3) is 10.0 Å². The Balaban J connectivity index is 2.27. The summed E-state index contributed by atoms with van der Waals surface area (Å²) in [5.41, 5.74) is 0.650. The molecule has 22 heavy (non-hydrogen) atoms. The van der Waals surface area contributed by atoms with E-state index in [0.29, 0.717) is 24.7 Å². The number of nitrogens with zero attached hydrogens (tertiary/aromatic N) is 2. The lowest BCUT2D eigenvalue weighted by molar-refractivity contribution is 0.598. The van der Waals surface area contributed by atoms with Crippen LogP contribution in [-0.2, 0) is 17.1 Å². The molecule has 116 valence electrons. The zero-order chi connectivity index (χ0) is 16.1. The number of thiophene rings is 1. The number of fused-ring (bicyclic) bond motifs is 1. The van der Waals surface area contributed by atoms with Crippen LogP contribution in [0.1, 0.15) is 0 Å². The third-order valence-electron chi connectivity index (χ3n) is 2.86. The normalized spacial score (nSPS) is 13.2. The molecule has 0 aliphatic rings. The summed E-state index contributed by atoms with van der Waals surface area (Å²) in [6.45, 7) is 0. The summed E-state index contributed by atoms with van der Waals surface area (Å²) in [6, 6.07) is 6.40. The van der Waals surface area contributed by atoms with Gasteiger partial charge in [0.05, 0.1) is 24.6 Å². The van der Waals surface area contributed by atoms with Gasteiger partial charge in [-0.2, -0.15) is 8.42 Å². The van der Waals surface area contributed by atoms with Crippen molar-refractivity contribution in [3.63, 3.8) is 0 Å². The monoisotopic (exact) mass is 412 g/mol. The molecule has 0 fully saturated rings. The quantitative estimate of drug-likeness (QED) is 0.619. The van der Waals surface area contributed by atoms with Crippen molar-refractivity contribution in [2.24, 2.45) is 11.4 Å². The predicted octanol–water partition coefficient (Wildman–Crippen LogP) is 4.55. The van der Waals surface area contributed by atoms with E-state index in [-0.39, 0.29) is 4.21 Å². The third-order valence-corrected chi connectivity index (χ3v) is 7.83. The molecule has 0 spiro atoms. The Morgan fingerprint density at radius 3 is 2.45 bits per heavy atom. The van der Waals surface area contributed by atoms with Crippen LogP contribution in [0.5, 0.6) is 0 Å². The average Bonchev–Trinajstić information content (AvgIpc) is 3.00. The summed E-state index contributed by atoms with van der Waals surface area (Å²) in [5, 5.41) is 0.776. The van der Waals surface area contributed by atoms with Gasteiger partial charge >= 0.3 is 0 Å². The molecule has 0 saturated carbocycles. The highest BCUT2D eigenvalue weighted by atomic mass is 35.5. The summed E-state index contributed by atoms with van der Waals surface area (Å²) in [7, 11) is -2.12. The minimum atomic E-state index is -3.81. The lowest BCUT2D eigenvalue weighted by Crippen LogP contribution is -2.13. The molecule has 0 atom stereocenters. The van der Waals surface area contributed by atoms with Gasteiger partial charge in [-0.3, -0.25) is 0 Å². The van der Waals surface area contributed by atoms with Gasteiger partial charge in [-0.25, -0.2) is 0 Å². The maximum absolute atomic E-state index is 12.3. The first-order chi connectivity index (χ1) is 10.3. The van der Waals surface area contributed by atoms with Gasteiger partial charge < -0.3 is 4.57 Å². The highest BCUT2D eigenvalue weighted by Gasteiger charge is 2.17. The van der Waals surface area contributed by atoms with Crippen LogP contribution in [0.2, 0.25) is 14.4 Å². The first-order valence-corrected chi connectivity index (χ1v) is 10.00. The molecule has 3 aromatic rings. The van der Waals surface area contributed by atoms with Crippen molar-refractivity contribution < 1.29 is 8.42 Å². The Morgan fingerprint density at radius 1 is 1.09 bits per heavy atom. The minimum Gasteiger partial charge on any atom is -0.318 e. The smallest absolute Gasteiger partial charge is 0.294 e. The molecule has 0 saturated heterocycles. The van der Waals surface area contributed by atoms with Gasteiger partial charge in [0.2, 0.25) is 4.80 Å². The lowest BCUT2D eigenvalue weighted by atomic mass is 10.3. The summed E-state index contributed by atoms with van der Waals surface area (Å²) in [4.78, 5) is 0.309. The van der Waals surface area contributed by atoms with E-state index in [9.17, 15) is 8.42 Å². The minimum absolute atomic E-state index is 0.0964. The largest absolute Gasteiger partial charge is 0.318 e. The third kappa shape index (κ3) is 2.81. The highest BCUT2D eigenvalue weighted by Crippen LogP contribution is 2.32. The van der Waals surface area contributed by atoms with Crippen molar-refractivity contribution >= 4 is 77.7 Å². The van der Waals surface area contributed by atoms with Crippen LogP contribution in [0.4, 0.5) is 0 Å². The molecular weight excluding hydrogens is 407 g/mol. The fourth-order valence-corrected chi connectivity index (χ4v) is 6.06. The Labute approximate surface area is 149 Å². The SMILES string of the molecule is Cn1/c(=N/S(=O)(=O)c2ccc(Cl)s2)sc2ccc(Cl)c(Cl)c21. The zero-order valence-electron chi connectivity index (χ0n) is 10.9. The summed E-state index contributed by atoms with van der Waals surface area (Å²) >= 11 is 20.1. The molecule has 0 aliphatic carbocycles. The second kappa shape index (κ2) is 5.81. The van der Waals surface area contributed by atoms with Crippen LogP contribution in [0.15, 0.2) is 32.9 Å². The molecule has 0 N–H and O–H groups in total. The molecular formula is C12H7Cl3N2O2S3. The Kier molecular flexibility index (Phi) is 4.30. The Hall–Kier alpha value is -0.570. The second-order valence-electron chi connectivity index (χ2n) is 4.28. The molecule has 0 radical (unpaired) electrons. The molecule has 0 unspecified atom stereocenters. The first kappa shape index (κ1) is 16.3. The molecule has 2 heterocycles. The predicted molar refractivity (Wildman–Crippen MR) is 92.9 cm³/mol. The second-order valence-corrected chi connectivity index (χ2v) is 9.62. The van der Waals surface area contributed by atoms with Crippen LogP contribution in [-0.4, -0.2) is 13.0 Å². The lowest BCUT2D eigenvalue weighted by Gasteiger charge is -2.00. The van der Waals surface area contributed by atoms with Crippen LogP contribution < -0.4 is 4.80 Å². The van der Waals surface area contributed by atoms with Gasteiger partial charge in [0, 0.05) is 7.05 Å². The molecule has 2 aromatic heterocycles. The van der Waals surface area contributed by atoms with E-state index in [1.165, 1.54) is 23.5 Å². The molecule has 0 aliphatic heterocycles. The van der Waals surface area contributed by atoms with E-state index in [2.05, 4.69) is 4.40 Å². The summed E-state index contributed by atoms with van der Waals surface area (Å²) in [5.74, 6) is 0. The number of thiazole rings is 1. The molecule has 0 bridgehead atoms. The van der Waals surface area contributed by atoms with Gasteiger partial charge in [0.15, 0.2) is 0 Å². The van der Waals surface area contributed by atoms with E-state index in [4.69, 9.17) is 34.8 Å². The summed E-state index contributed by atoms with van der Waals surface area (Å²) in [6.07, 6.45) is 0. The maximum Gasteiger partial charge on any atom is 0.294 e. The average molecular weight is 414 g/mol. The standard InChI is InChI=1S/C12H7Cl3N2O2S3/c1-17-11-7(3-2-6(13)10(11)15)20-12(17)16-22(18,19)9-5-4-8(14)21-9/h2-5H,1H3/b16-12-. The Morgan fingerprint density at radius 2 is 1.82 bits per heavy atom. The van der Waals surface area contributed by atoms with E-state index in [1.54, 1.807) is 23.7 Å². The van der Waals surface area contributed by atoms with Crippen molar-refractivity contribution in [1.29, 1.82) is 0 Å². The van der Waals surface area contributed by atoms with Crippen LogP contribution in [0.3, 0.4) is 0 Å². The first-order valence-electron chi connectivity index (χ1n) is 5.79. The van der Waals surface area contributed by atoms with Gasteiger partial charge in [-0.05, 0) is 24.3 Å². The van der Waals surface area contributed by atoms with Crippen molar-refractivity contribution in [2.45, 2.75) is 4.21 Å². The van der Waals surface area contributed by atoms with Crippen molar-refractivity contribution in [2.75, 3.05) is 0 Å². The fraction of sp³-hybridized carbons (Fsp3) is 0.0833. The topological polar surface area (TPSA) is 51.4 Å². The van der Waals surface area contributed by atoms with Crippen LogP contribution in [0.25, 0.3) is 10.2 Å². The molecule has 1 aromatic carbocycles. The van der Waals surface area contributed by atoms with Crippen LogP contribution >= 0.6 is 57.5 Å². The molecule has 3 rings (SSSR count). The number of aromatic nitrogens is 1. The number of hydrogen-bond acceptors (Lipinski definition) is 4. The fourth-order valence-electron chi connectivity index (χ4n) is 1.84. The van der Waals surface area contributed by atoms with Crippen molar-refractivity contribution in [3.8, 4) is 0 Å². The van der Waals surface area contributed by atoms with E-state index >= 15 is 0 Å². The van der Waals surface area contributed by atoms with Crippen LogP contribution in [0, 0.1) is 0 Å². The van der Waals surface area contributed by atoms with Gasteiger partial charge in [0.1, 0.15) is 4.21 Å². The van der Waals surface area contributed by atoms with E-state index in [0.717, 1.165) is 16.0 Å².